The van der Waals surface area contributed by atoms with Crippen molar-refractivity contribution in [3.63, 3.8) is 0 Å². The van der Waals surface area contributed by atoms with Crippen molar-refractivity contribution in [2.24, 2.45) is 5.41 Å². The minimum Gasteiger partial charge on any atom is -0.484 e. The molecule has 1 aromatic carbocycles. The molecule has 0 unspecified atom stereocenters. The van der Waals surface area contributed by atoms with Gasteiger partial charge >= 0.3 is 0 Å². The Balaban J connectivity index is 1.78. The second-order valence-corrected chi connectivity index (χ2v) is 6.22. The monoisotopic (exact) mass is 303 g/mol. The molecule has 0 saturated heterocycles. The van der Waals surface area contributed by atoms with E-state index in [1.165, 1.54) is 0 Å². The fourth-order valence-electron chi connectivity index (χ4n) is 1.80. The average molecular weight is 303 g/mol. The number of hydrogen-bond donors (Lipinski definition) is 1. The molecule has 0 fully saturated rings. The summed E-state index contributed by atoms with van der Waals surface area (Å²) < 4.78 is 10.6. The van der Waals surface area contributed by atoms with Gasteiger partial charge in [0.15, 0.2) is 12.4 Å². The molecular formula is C16H21N3O3. The highest BCUT2D eigenvalue weighted by atomic mass is 16.5. The molecule has 22 heavy (non-hydrogen) atoms. The van der Waals surface area contributed by atoms with Gasteiger partial charge in [-0.25, -0.2) is 0 Å². The van der Waals surface area contributed by atoms with E-state index in [9.17, 15) is 4.79 Å². The standard InChI is InChI=1S/C16H21N3O3/c1-16(2,3)9-14(20)17-10-13-18-15(22-19-13)11-21-12-7-5-4-6-8-12/h4-8H,9-11H2,1-3H3,(H,17,20). The zero-order valence-electron chi connectivity index (χ0n) is 13.1. The molecule has 0 aliphatic carbocycles. The lowest BCUT2D eigenvalue weighted by Crippen LogP contribution is -2.27. The summed E-state index contributed by atoms with van der Waals surface area (Å²) in [6.07, 6.45) is 0.453. The van der Waals surface area contributed by atoms with Crippen molar-refractivity contribution in [3.05, 3.63) is 42.0 Å². The zero-order chi connectivity index (χ0) is 16.0. The maximum absolute atomic E-state index is 11.7. The second-order valence-electron chi connectivity index (χ2n) is 6.22. The number of nitrogens with zero attached hydrogens (tertiary/aromatic N) is 2. The summed E-state index contributed by atoms with van der Waals surface area (Å²) >= 11 is 0. The Labute approximate surface area is 129 Å². The Morgan fingerprint density at radius 1 is 1.27 bits per heavy atom. The number of carbonyl (C=O) groups is 1. The first-order valence-electron chi connectivity index (χ1n) is 7.18. The predicted octanol–water partition coefficient (Wildman–Crippen LogP) is 2.70. The number of hydrogen-bond acceptors (Lipinski definition) is 5. The van der Waals surface area contributed by atoms with Gasteiger partial charge in [-0.3, -0.25) is 4.79 Å². The molecule has 0 spiro atoms. The maximum atomic E-state index is 11.7. The summed E-state index contributed by atoms with van der Waals surface area (Å²) in [5.41, 5.74) is -0.0456. The molecule has 0 aliphatic rings. The van der Waals surface area contributed by atoms with Crippen molar-refractivity contribution in [1.82, 2.24) is 15.5 Å². The van der Waals surface area contributed by atoms with Gasteiger partial charge in [0.2, 0.25) is 5.91 Å². The van der Waals surface area contributed by atoms with E-state index in [-0.39, 0.29) is 24.5 Å². The van der Waals surface area contributed by atoms with Crippen LogP contribution in [-0.2, 0) is 17.9 Å². The first-order chi connectivity index (χ1) is 10.4. The van der Waals surface area contributed by atoms with Gasteiger partial charge in [-0.15, -0.1) is 0 Å². The fraction of sp³-hybridized carbons (Fsp3) is 0.438. The van der Waals surface area contributed by atoms with Crippen molar-refractivity contribution in [2.45, 2.75) is 40.3 Å². The Kier molecular flexibility index (Phi) is 5.14. The number of nitrogens with one attached hydrogen (secondary N) is 1. The van der Waals surface area contributed by atoms with Crippen molar-refractivity contribution < 1.29 is 14.1 Å². The first kappa shape index (κ1) is 16.0. The molecule has 0 atom stereocenters. The number of ether oxygens (including phenoxy) is 1. The smallest absolute Gasteiger partial charge is 0.264 e. The molecular weight excluding hydrogens is 282 g/mol. The van der Waals surface area contributed by atoms with Crippen LogP contribution in [0, 0.1) is 5.41 Å². The van der Waals surface area contributed by atoms with Crippen LogP contribution >= 0.6 is 0 Å². The zero-order valence-corrected chi connectivity index (χ0v) is 13.1. The number of carbonyl (C=O) groups excluding carboxylic acids is 1. The van der Waals surface area contributed by atoms with Crippen molar-refractivity contribution in [1.29, 1.82) is 0 Å². The van der Waals surface area contributed by atoms with Crippen LogP contribution in [-0.4, -0.2) is 16.0 Å². The van der Waals surface area contributed by atoms with Crippen LogP contribution in [0.15, 0.2) is 34.9 Å². The predicted molar refractivity (Wildman–Crippen MR) is 81.0 cm³/mol. The number of aromatic nitrogens is 2. The lowest BCUT2D eigenvalue weighted by Gasteiger charge is -2.16. The quantitative estimate of drug-likeness (QED) is 0.887. The van der Waals surface area contributed by atoms with Gasteiger partial charge in [0.1, 0.15) is 5.75 Å². The minimum atomic E-state index is -0.0456. The van der Waals surface area contributed by atoms with Crippen molar-refractivity contribution in [2.75, 3.05) is 0 Å². The van der Waals surface area contributed by atoms with E-state index in [1.54, 1.807) is 0 Å². The van der Waals surface area contributed by atoms with Gasteiger partial charge in [-0.05, 0) is 17.5 Å². The molecule has 0 saturated carbocycles. The normalized spacial score (nSPS) is 11.2. The molecule has 1 N–H and O–H groups in total. The van der Waals surface area contributed by atoms with Crippen LogP contribution in [0.4, 0.5) is 0 Å². The van der Waals surface area contributed by atoms with Gasteiger partial charge in [-0.1, -0.05) is 44.1 Å². The molecule has 2 aromatic rings. The van der Waals surface area contributed by atoms with Gasteiger partial charge in [0, 0.05) is 6.42 Å². The van der Waals surface area contributed by atoms with Crippen LogP contribution in [0.2, 0.25) is 0 Å². The van der Waals surface area contributed by atoms with Crippen LogP contribution in [0.1, 0.15) is 38.9 Å². The summed E-state index contributed by atoms with van der Waals surface area (Å²) in [5.74, 6) is 1.53. The van der Waals surface area contributed by atoms with Crippen LogP contribution in [0.3, 0.4) is 0 Å². The Bertz CT molecular complexity index is 603. The van der Waals surface area contributed by atoms with E-state index in [1.807, 2.05) is 51.1 Å². The van der Waals surface area contributed by atoms with E-state index < -0.39 is 0 Å². The highest BCUT2D eigenvalue weighted by Crippen LogP contribution is 2.17. The van der Waals surface area contributed by atoms with Gasteiger partial charge in [-0.2, -0.15) is 4.98 Å². The summed E-state index contributed by atoms with van der Waals surface area (Å²) in [6, 6.07) is 9.39. The van der Waals surface area contributed by atoms with Crippen LogP contribution < -0.4 is 10.1 Å². The highest BCUT2D eigenvalue weighted by molar-refractivity contribution is 5.76. The first-order valence-corrected chi connectivity index (χ1v) is 7.18. The third-order valence-electron chi connectivity index (χ3n) is 2.75. The summed E-state index contributed by atoms with van der Waals surface area (Å²) in [5, 5.41) is 6.59. The van der Waals surface area contributed by atoms with Crippen molar-refractivity contribution in [3.8, 4) is 5.75 Å². The number of benzene rings is 1. The lowest BCUT2D eigenvalue weighted by molar-refractivity contribution is -0.123. The number of rotatable bonds is 6. The average Bonchev–Trinajstić information content (AvgIpc) is 2.90. The number of para-hydroxylation sites is 1. The summed E-state index contributed by atoms with van der Waals surface area (Å²) in [6.45, 7) is 6.50. The van der Waals surface area contributed by atoms with Gasteiger partial charge in [0.05, 0.1) is 6.54 Å². The highest BCUT2D eigenvalue weighted by Gasteiger charge is 2.16. The maximum Gasteiger partial charge on any atom is 0.264 e. The lowest BCUT2D eigenvalue weighted by atomic mass is 9.92. The molecule has 6 nitrogen and oxygen atoms in total. The van der Waals surface area contributed by atoms with E-state index in [0.717, 1.165) is 5.75 Å². The van der Waals surface area contributed by atoms with Gasteiger partial charge < -0.3 is 14.6 Å². The van der Waals surface area contributed by atoms with Gasteiger partial charge in [0.25, 0.3) is 5.89 Å². The number of amides is 1. The van der Waals surface area contributed by atoms with E-state index in [4.69, 9.17) is 9.26 Å². The third-order valence-corrected chi connectivity index (χ3v) is 2.75. The molecule has 118 valence electrons. The SMILES string of the molecule is CC(C)(C)CC(=O)NCc1noc(COc2ccccc2)n1. The topological polar surface area (TPSA) is 77.2 Å². The minimum absolute atomic E-state index is 0.0283. The molecule has 2 rings (SSSR count). The summed E-state index contributed by atoms with van der Waals surface area (Å²) in [4.78, 5) is 15.9. The van der Waals surface area contributed by atoms with E-state index in [2.05, 4.69) is 15.5 Å². The Morgan fingerprint density at radius 3 is 2.68 bits per heavy atom. The van der Waals surface area contributed by atoms with Crippen LogP contribution in [0.5, 0.6) is 5.75 Å². The van der Waals surface area contributed by atoms with E-state index >= 15 is 0 Å². The summed E-state index contributed by atoms with van der Waals surface area (Å²) in [7, 11) is 0. The largest absolute Gasteiger partial charge is 0.484 e. The molecule has 1 heterocycles. The Hall–Kier alpha value is -2.37. The second kappa shape index (κ2) is 7.06. The fourth-order valence-corrected chi connectivity index (χ4v) is 1.80. The van der Waals surface area contributed by atoms with E-state index in [0.29, 0.717) is 18.1 Å². The molecule has 6 heteroatoms. The molecule has 1 aromatic heterocycles. The Morgan fingerprint density at radius 2 is 2.00 bits per heavy atom. The molecule has 0 bridgehead atoms. The molecule has 1 amide bonds. The molecule has 0 radical (unpaired) electrons. The third kappa shape index (κ3) is 5.55. The van der Waals surface area contributed by atoms with Crippen molar-refractivity contribution >= 4 is 5.91 Å². The van der Waals surface area contributed by atoms with Crippen LogP contribution in [0.25, 0.3) is 0 Å². The molecule has 0 aliphatic heterocycles.